The van der Waals surface area contributed by atoms with Crippen LogP contribution in [0.15, 0.2) is 0 Å². The zero-order valence-corrected chi connectivity index (χ0v) is 13.1. The second-order valence-corrected chi connectivity index (χ2v) is 5.56. The monoisotopic (exact) mass is 282 g/mol. The first-order valence-corrected chi connectivity index (χ1v) is 7.38. The van der Waals surface area contributed by atoms with Gasteiger partial charge < -0.3 is 5.32 Å². The predicted molar refractivity (Wildman–Crippen MR) is 81.1 cm³/mol. The Morgan fingerprint density at radius 3 is 2.55 bits per heavy atom. The Labute approximate surface area is 120 Å². The molecular formula is C14H26N4O2. The number of nitro groups is 1. The Morgan fingerprint density at radius 1 is 1.40 bits per heavy atom. The summed E-state index contributed by atoms with van der Waals surface area (Å²) in [5, 5.41) is 18.8. The average Bonchev–Trinajstić information content (AvgIpc) is 2.65. The lowest BCUT2D eigenvalue weighted by molar-refractivity contribution is -0.384. The first kappa shape index (κ1) is 16.5. The van der Waals surface area contributed by atoms with Gasteiger partial charge in [-0.25, -0.2) is 4.68 Å². The minimum atomic E-state index is -0.340. The highest BCUT2D eigenvalue weighted by molar-refractivity contribution is 5.60. The van der Waals surface area contributed by atoms with Crippen LogP contribution in [0.1, 0.15) is 52.7 Å². The van der Waals surface area contributed by atoms with Crippen LogP contribution in [0.3, 0.4) is 0 Å². The second kappa shape index (κ2) is 7.26. The smallest absolute Gasteiger partial charge is 0.333 e. The standard InChI is InChI=1S/C14H26N4O2/c1-6-8-17-14(13(18(19)20)12(5)16-17)15-11(4)9-10(3)7-2/h10-11,15H,6-9H2,1-5H3. The molecule has 0 aliphatic rings. The maximum atomic E-state index is 11.2. The highest BCUT2D eigenvalue weighted by Gasteiger charge is 2.26. The van der Waals surface area contributed by atoms with Gasteiger partial charge in [0, 0.05) is 12.6 Å². The van der Waals surface area contributed by atoms with E-state index < -0.39 is 0 Å². The summed E-state index contributed by atoms with van der Waals surface area (Å²) < 4.78 is 1.72. The van der Waals surface area contributed by atoms with E-state index in [4.69, 9.17) is 0 Å². The number of hydrogen-bond donors (Lipinski definition) is 1. The maximum absolute atomic E-state index is 11.2. The SMILES string of the molecule is CCCn1nc(C)c([N+](=O)[O-])c1NC(C)CC(C)CC. The van der Waals surface area contributed by atoms with E-state index in [1.54, 1.807) is 11.6 Å². The fourth-order valence-corrected chi connectivity index (χ4v) is 2.37. The Hall–Kier alpha value is -1.59. The van der Waals surface area contributed by atoms with Gasteiger partial charge >= 0.3 is 5.69 Å². The highest BCUT2D eigenvalue weighted by atomic mass is 16.6. The normalized spacial score (nSPS) is 14.1. The fraction of sp³-hybridized carbons (Fsp3) is 0.786. The van der Waals surface area contributed by atoms with E-state index in [-0.39, 0.29) is 16.7 Å². The van der Waals surface area contributed by atoms with Gasteiger partial charge in [-0.1, -0.05) is 27.2 Å². The van der Waals surface area contributed by atoms with Gasteiger partial charge in [-0.15, -0.1) is 0 Å². The summed E-state index contributed by atoms with van der Waals surface area (Å²) in [6.07, 6.45) is 3.00. The van der Waals surface area contributed by atoms with Crippen LogP contribution in [0.4, 0.5) is 11.5 Å². The summed E-state index contributed by atoms with van der Waals surface area (Å²) in [6, 6.07) is 0.190. The molecule has 0 spiro atoms. The minimum absolute atomic E-state index is 0.106. The van der Waals surface area contributed by atoms with Gasteiger partial charge in [-0.2, -0.15) is 5.10 Å². The van der Waals surface area contributed by atoms with Crippen molar-refractivity contribution < 1.29 is 4.92 Å². The largest absolute Gasteiger partial charge is 0.362 e. The van der Waals surface area contributed by atoms with E-state index in [2.05, 4.69) is 31.2 Å². The van der Waals surface area contributed by atoms with E-state index in [1.165, 1.54) is 0 Å². The Morgan fingerprint density at radius 2 is 2.05 bits per heavy atom. The molecule has 1 aromatic rings. The van der Waals surface area contributed by atoms with Crippen molar-refractivity contribution in [3.63, 3.8) is 0 Å². The van der Waals surface area contributed by atoms with Gasteiger partial charge in [0.15, 0.2) is 0 Å². The van der Waals surface area contributed by atoms with Gasteiger partial charge in [0.05, 0.1) is 4.92 Å². The number of rotatable bonds is 8. The summed E-state index contributed by atoms with van der Waals surface area (Å²) in [5.74, 6) is 1.14. The molecular weight excluding hydrogens is 256 g/mol. The predicted octanol–water partition coefficient (Wildman–Crippen LogP) is 3.75. The molecule has 1 aromatic heterocycles. The molecule has 2 atom stereocenters. The number of nitrogens with one attached hydrogen (secondary N) is 1. The number of aryl methyl sites for hydroxylation is 2. The Balaban J connectivity index is 2.98. The van der Waals surface area contributed by atoms with E-state index in [0.29, 0.717) is 24.0 Å². The lowest BCUT2D eigenvalue weighted by Crippen LogP contribution is -2.21. The molecule has 0 radical (unpaired) electrons. The van der Waals surface area contributed by atoms with E-state index in [0.717, 1.165) is 19.3 Å². The van der Waals surface area contributed by atoms with Gasteiger partial charge in [0.1, 0.15) is 5.69 Å². The molecule has 0 fully saturated rings. The van der Waals surface area contributed by atoms with Gasteiger partial charge in [0.25, 0.3) is 0 Å². The van der Waals surface area contributed by atoms with Crippen LogP contribution in [0, 0.1) is 23.0 Å². The van der Waals surface area contributed by atoms with Crippen LogP contribution in [-0.4, -0.2) is 20.7 Å². The van der Waals surface area contributed by atoms with Crippen molar-refractivity contribution in [3.05, 3.63) is 15.8 Å². The zero-order valence-electron chi connectivity index (χ0n) is 13.1. The highest BCUT2D eigenvalue weighted by Crippen LogP contribution is 2.29. The van der Waals surface area contributed by atoms with E-state index in [1.807, 2.05) is 6.92 Å². The summed E-state index contributed by atoms with van der Waals surface area (Å²) in [5.41, 5.74) is 0.580. The summed E-state index contributed by atoms with van der Waals surface area (Å²) in [6.45, 7) is 10.8. The van der Waals surface area contributed by atoms with Crippen molar-refractivity contribution in [1.29, 1.82) is 0 Å². The number of anilines is 1. The molecule has 6 heteroatoms. The number of aromatic nitrogens is 2. The molecule has 114 valence electrons. The molecule has 0 aliphatic heterocycles. The molecule has 1 N–H and O–H groups in total. The second-order valence-electron chi connectivity index (χ2n) is 5.56. The van der Waals surface area contributed by atoms with Crippen molar-refractivity contribution in [1.82, 2.24) is 9.78 Å². The van der Waals surface area contributed by atoms with Crippen molar-refractivity contribution in [2.45, 2.75) is 66.5 Å². The van der Waals surface area contributed by atoms with Crippen molar-refractivity contribution in [2.75, 3.05) is 5.32 Å². The lowest BCUT2D eigenvalue weighted by atomic mass is 10.0. The summed E-state index contributed by atoms with van der Waals surface area (Å²) in [7, 11) is 0. The van der Waals surface area contributed by atoms with Crippen molar-refractivity contribution in [2.24, 2.45) is 5.92 Å². The third-order valence-corrected chi connectivity index (χ3v) is 3.55. The molecule has 0 amide bonds. The number of nitrogens with zero attached hydrogens (tertiary/aromatic N) is 3. The molecule has 1 heterocycles. The molecule has 0 saturated heterocycles. The first-order chi connectivity index (χ1) is 9.40. The topological polar surface area (TPSA) is 73.0 Å². The average molecular weight is 282 g/mol. The van der Waals surface area contributed by atoms with Gasteiger partial charge in [-0.05, 0) is 32.6 Å². The Bertz CT molecular complexity index is 456. The van der Waals surface area contributed by atoms with Crippen LogP contribution in [0.5, 0.6) is 0 Å². The summed E-state index contributed by atoms with van der Waals surface area (Å²) >= 11 is 0. The molecule has 1 rings (SSSR count). The molecule has 0 aromatic carbocycles. The molecule has 6 nitrogen and oxygen atoms in total. The fourth-order valence-electron chi connectivity index (χ4n) is 2.37. The molecule has 0 aliphatic carbocycles. The van der Waals surface area contributed by atoms with Crippen LogP contribution in [0.25, 0.3) is 0 Å². The van der Waals surface area contributed by atoms with Crippen LogP contribution < -0.4 is 5.32 Å². The van der Waals surface area contributed by atoms with E-state index >= 15 is 0 Å². The molecule has 20 heavy (non-hydrogen) atoms. The first-order valence-electron chi connectivity index (χ1n) is 7.38. The third-order valence-electron chi connectivity index (χ3n) is 3.55. The molecule has 0 saturated carbocycles. The number of hydrogen-bond acceptors (Lipinski definition) is 4. The van der Waals surface area contributed by atoms with Crippen LogP contribution >= 0.6 is 0 Å². The minimum Gasteiger partial charge on any atom is -0.362 e. The van der Waals surface area contributed by atoms with Crippen molar-refractivity contribution in [3.8, 4) is 0 Å². The lowest BCUT2D eigenvalue weighted by Gasteiger charge is -2.18. The van der Waals surface area contributed by atoms with Crippen LogP contribution in [0.2, 0.25) is 0 Å². The Kier molecular flexibility index (Phi) is 5.98. The third kappa shape index (κ3) is 3.95. The van der Waals surface area contributed by atoms with Crippen molar-refractivity contribution >= 4 is 11.5 Å². The summed E-state index contributed by atoms with van der Waals surface area (Å²) in [4.78, 5) is 10.9. The maximum Gasteiger partial charge on any atom is 0.333 e. The molecule has 2 unspecified atom stereocenters. The quantitative estimate of drug-likeness (QED) is 0.582. The van der Waals surface area contributed by atoms with Gasteiger partial charge in [0.2, 0.25) is 5.82 Å². The zero-order chi connectivity index (χ0) is 15.3. The van der Waals surface area contributed by atoms with Gasteiger partial charge in [-0.3, -0.25) is 10.1 Å². The van der Waals surface area contributed by atoms with E-state index in [9.17, 15) is 10.1 Å². The molecule has 0 bridgehead atoms. The van der Waals surface area contributed by atoms with Crippen LogP contribution in [-0.2, 0) is 6.54 Å².